The van der Waals surface area contributed by atoms with E-state index in [1.54, 1.807) is 23.5 Å². The quantitative estimate of drug-likeness (QED) is 0.704. The zero-order valence-electron chi connectivity index (χ0n) is 7.69. The fraction of sp³-hybridized carbons (Fsp3) is 0.0909. The van der Waals surface area contributed by atoms with E-state index in [-0.39, 0.29) is 11.5 Å². The standard InChI is InChI=1S/C11H10O2S/c1-7-5-6-10(14-7)8-3-2-4-9(12)11(8)13/h2-6,12-13H,1H3. The van der Waals surface area contributed by atoms with Crippen LogP contribution < -0.4 is 0 Å². The van der Waals surface area contributed by atoms with E-state index in [1.807, 2.05) is 19.1 Å². The van der Waals surface area contributed by atoms with E-state index in [0.29, 0.717) is 5.56 Å². The molecule has 1 aromatic heterocycles. The van der Waals surface area contributed by atoms with Gasteiger partial charge in [0.2, 0.25) is 0 Å². The molecule has 0 spiro atoms. The minimum Gasteiger partial charge on any atom is -0.504 e. The molecular formula is C11H10O2S. The van der Waals surface area contributed by atoms with Gasteiger partial charge < -0.3 is 10.2 Å². The third-order valence-electron chi connectivity index (χ3n) is 2.02. The SMILES string of the molecule is Cc1ccc(-c2cccc(O)c2O)s1. The lowest BCUT2D eigenvalue weighted by molar-refractivity contribution is 0.405. The van der Waals surface area contributed by atoms with E-state index < -0.39 is 0 Å². The molecule has 0 saturated carbocycles. The van der Waals surface area contributed by atoms with Crippen molar-refractivity contribution in [2.75, 3.05) is 0 Å². The van der Waals surface area contributed by atoms with Crippen molar-refractivity contribution < 1.29 is 10.2 Å². The lowest BCUT2D eigenvalue weighted by atomic mass is 10.1. The summed E-state index contributed by atoms with van der Waals surface area (Å²) in [5.41, 5.74) is 0.683. The summed E-state index contributed by atoms with van der Waals surface area (Å²) in [4.78, 5) is 2.15. The van der Waals surface area contributed by atoms with E-state index in [2.05, 4.69) is 0 Å². The first-order chi connectivity index (χ1) is 6.68. The Morgan fingerprint density at radius 1 is 1.07 bits per heavy atom. The Labute approximate surface area is 86.1 Å². The maximum absolute atomic E-state index is 9.62. The molecule has 0 fully saturated rings. The summed E-state index contributed by atoms with van der Waals surface area (Å²) in [6.07, 6.45) is 0. The van der Waals surface area contributed by atoms with Crippen LogP contribution in [-0.4, -0.2) is 10.2 Å². The summed E-state index contributed by atoms with van der Waals surface area (Å²) in [7, 11) is 0. The van der Waals surface area contributed by atoms with Crippen LogP contribution in [0.15, 0.2) is 30.3 Å². The number of aromatic hydroxyl groups is 2. The topological polar surface area (TPSA) is 40.5 Å². The van der Waals surface area contributed by atoms with Crippen LogP contribution in [0.2, 0.25) is 0 Å². The van der Waals surface area contributed by atoms with Gasteiger partial charge in [0, 0.05) is 15.3 Å². The van der Waals surface area contributed by atoms with Crippen LogP contribution in [0.5, 0.6) is 11.5 Å². The molecule has 2 rings (SSSR count). The Kier molecular flexibility index (Phi) is 2.17. The molecule has 2 N–H and O–H groups in total. The molecule has 0 saturated heterocycles. The Morgan fingerprint density at radius 3 is 2.50 bits per heavy atom. The highest BCUT2D eigenvalue weighted by Gasteiger charge is 2.08. The van der Waals surface area contributed by atoms with Crippen molar-refractivity contribution in [3.05, 3.63) is 35.2 Å². The van der Waals surface area contributed by atoms with Crippen molar-refractivity contribution in [1.82, 2.24) is 0 Å². The van der Waals surface area contributed by atoms with Gasteiger partial charge in [-0.25, -0.2) is 0 Å². The lowest BCUT2D eigenvalue weighted by Crippen LogP contribution is -1.74. The van der Waals surface area contributed by atoms with Crippen molar-refractivity contribution in [3.8, 4) is 21.9 Å². The second-order valence-electron chi connectivity index (χ2n) is 3.08. The first-order valence-electron chi connectivity index (χ1n) is 4.26. The zero-order chi connectivity index (χ0) is 10.1. The molecule has 1 heterocycles. The first-order valence-corrected chi connectivity index (χ1v) is 5.08. The normalized spacial score (nSPS) is 10.4. The average molecular weight is 206 g/mol. The molecule has 0 unspecified atom stereocenters. The van der Waals surface area contributed by atoms with Crippen LogP contribution in [0.3, 0.4) is 0 Å². The molecule has 2 aromatic rings. The van der Waals surface area contributed by atoms with E-state index in [0.717, 1.165) is 4.88 Å². The number of para-hydroxylation sites is 1. The van der Waals surface area contributed by atoms with Gasteiger partial charge in [0.05, 0.1) is 0 Å². The minimum absolute atomic E-state index is 0.0469. The van der Waals surface area contributed by atoms with E-state index in [1.165, 1.54) is 10.9 Å². The van der Waals surface area contributed by atoms with Gasteiger partial charge in [-0.05, 0) is 31.2 Å². The fourth-order valence-electron chi connectivity index (χ4n) is 1.31. The molecule has 0 aliphatic carbocycles. The molecule has 1 aromatic carbocycles. The minimum atomic E-state index is -0.0754. The van der Waals surface area contributed by atoms with Gasteiger partial charge >= 0.3 is 0 Å². The predicted octanol–water partition coefficient (Wildman–Crippen LogP) is 3.13. The van der Waals surface area contributed by atoms with Crippen molar-refractivity contribution in [2.45, 2.75) is 6.92 Å². The highest BCUT2D eigenvalue weighted by Crippen LogP contribution is 2.38. The van der Waals surface area contributed by atoms with Gasteiger partial charge in [0.15, 0.2) is 11.5 Å². The molecule has 0 radical (unpaired) electrons. The van der Waals surface area contributed by atoms with Crippen molar-refractivity contribution in [2.24, 2.45) is 0 Å². The molecule has 0 atom stereocenters. The van der Waals surface area contributed by atoms with E-state index in [9.17, 15) is 10.2 Å². The Balaban J connectivity index is 2.57. The van der Waals surface area contributed by atoms with Crippen LogP contribution in [0.4, 0.5) is 0 Å². The predicted molar refractivity (Wildman–Crippen MR) is 57.8 cm³/mol. The second-order valence-corrected chi connectivity index (χ2v) is 4.37. The number of hydrogen-bond acceptors (Lipinski definition) is 3. The van der Waals surface area contributed by atoms with Gasteiger partial charge in [-0.1, -0.05) is 6.07 Å². The molecule has 2 nitrogen and oxygen atoms in total. The van der Waals surface area contributed by atoms with Gasteiger partial charge in [0.25, 0.3) is 0 Å². The molecule has 14 heavy (non-hydrogen) atoms. The van der Waals surface area contributed by atoms with Crippen LogP contribution in [-0.2, 0) is 0 Å². The molecule has 3 heteroatoms. The largest absolute Gasteiger partial charge is 0.504 e. The first kappa shape index (κ1) is 9.09. The van der Waals surface area contributed by atoms with Crippen LogP contribution >= 0.6 is 11.3 Å². The van der Waals surface area contributed by atoms with Crippen LogP contribution in [0.1, 0.15) is 4.88 Å². The summed E-state index contributed by atoms with van der Waals surface area (Å²) >= 11 is 1.59. The number of benzene rings is 1. The summed E-state index contributed by atoms with van der Waals surface area (Å²) in [6.45, 7) is 2.01. The number of aryl methyl sites for hydroxylation is 1. The maximum atomic E-state index is 9.62. The summed E-state index contributed by atoms with van der Waals surface area (Å²) < 4.78 is 0. The monoisotopic (exact) mass is 206 g/mol. The summed E-state index contributed by atoms with van der Waals surface area (Å²) in [6, 6.07) is 8.91. The van der Waals surface area contributed by atoms with Crippen LogP contribution in [0, 0.1) is 6.92 Å². The van der Waals surface area contributed by atoms with Crippen molar-refractivity contribution >= 4 is 11.3 Å². The van der Waals surface area contributed by atoms with Gasteiger partial charge in [-0.2, -0.15) is 0 Å². The number of rotatable bonds is 1. The molecule has 0 amide bonds. The van der Waals surface area contributed by atoms with Crippen molar-refractivity contribution in [3.63, 3.8) is 0 Å². The highest BCUT2D eigenvalue weighted by molar-refractivity contribution is 7.15. The number of hydrogen-bond donors (Lipinski definition) is 2. The number of thiophene rings is 1. The Bertz CT molecular complexity index is 460. The summed E-state index contributed by atoms with van der Waals surface area (Å²) in [5.74, 6) is -0.122. The Hall–Kier alpha value is -1.48. The van der Waals surface area contributed by atoms with Gasteiger partial charge in [-0.3, -0.25) is 0 Å². The fourth-order valence-corrected chi connectivity index (χ4v) is 2.20. The molecular weight excluding hydrogens is 196 g/mol. The van der Waals surface area contributed by atoms with E-state index >= 15 is 0 Å². The van der Waals surface area contributed by atoms with Gasteiger partial charge in [-0.15, -0.1) is 11.3 Å². The smallest absolute Gasteiger partial charge is 0.166 e. The number of phenols is 2. The average Bonchev–Trinajstić information content (AvgIpc) is 2.57. The lowest BCUT2D eigenvalue weighted by Gasteiger charge is -2.02. The molecule has 0 bridgehead atoms. The maximum Gasteiger partial charge on any atom is 0.166 e. The number of phenolic OH excluding ortho intramolecular Hbond substituents is 2. The molecule has 0 aliphatic rings. The second kappa shape index (κ2) is 3.35. The third-order valence-corrected chi connectivity index (χ3v) is 3.05. The van der Waals surface area contributed by atoms with Gasteiger partial charge in [0.1, 0.15) is 0 Å². The Morgan fingerprint density at radius 2 is 1.86 bits per heavy atom. The zero-order valence-corrected chi connectivity index (χ0v) is 8.51. The van der Waals surface area contributed by atoms with E-state index in [4.69, 9.17) is 0 Å². The highest BCUT2D eigenvalue weighted by atomic mass is 32.1. The van der Waals surface area contributed by atoms with Crippen LogP contribution in [0.25, 0.3) is 10.4 Å². The molecule has 0 aliphatic heterocycles. The summed E-state index contributed by atoms with van der Waals surface area (Å²) in [5, 5.41) is 18.9. The molecule has 72 valence electrons. The third kappa shape index (κ3) is 1.46. The van der Waals surface area contributed by atoms with Crippen molar-refractivity contribution in [1.29, 1.82) is 0 Å².